The Morgan fingerprint density at radius 2 is 2.00 bits per heavy atom. The molecule has 1 heterocycles. The fourth-order valence-electron chi connectivity index (χ4n) is 3.19. The second-order valence-corrected chi connectivity index (χ2v) is 6.08. The molecule has 4 nitrogen and oxygen atoms in total. The Bertz CT molecular complexity index is 678. The molecule has 1 aromatic carbocycles. The molecular weight excluding hydrogens is 293 g/mol. The van der Waals surface area contributed by atoms with Gasteiger partial charge in [-0.1, -0.05) is 25.5 Å². The molecule has 0 fully saturated rings. The van der Waals surface area contributed by atoms with Crippen LogP contribution in [0.2, 0.25) is 0 Å². The fourth-order valence-corrected chi connectivity index (χ4v) is 3.19. The highest BCUT2D eigenvalue weighted by atomic mass is 19.1. The van der Waals surface area contributed by atoms with E-state index < -0.39 is 0 Å². The molecule has 122 valence electrons. The van der Waals surface area contributed by atoms with Crippen molar-refractivity contribution < 1.29 is 9.18 Å². The Labute approximate surface area is 135 Å². The van der Waals surface area contributed by atoms with Crippen molar-refractivity contribution in [1.82, 2.24) is 15.5 Å². The largest absolute Gasteiger partial charge is 0.344 e. The zero-order valence-corrected chi connectivity index (χ0v) is 13.4. The molecule has 1 aliphatic rings. The number of carbonyl (C=O) groups is 1. The van der Waals surface area contributed by atoms with E-state index in [4.69, 9.17) is 0 Å². The third-order valence-corrected chi connectivity index (χ3v) is 4.51. The number of nitrogens with one attached hydrogen (secondary N) is 2. The van der Waals surface area contributed by atoms with Crippen LogP contribution in [0, 0.1) is 5.82 Å². The SMILES string of the molecule is CCC(NC(=O)c1n[nH]c2c1CCCCC2)c1ccc(F)cc1. The van der Waals surface area contributed by atoms with Crippen LogP contribution in [0.1, 0.15) is 66.0 Å². The van der Waals surface area contributed by atoms with E-state index in [0.717, 1.165) is 48.9 Å². The molecule has 2 aromatic rings. The second-order valence-electron chi connectivity index (χ2n) is 6.08. The van der Waals surface area contributed by atoms with Crippen molar-refractivity contribution in [2.75, 3.05) is 0 Å². The molecule has 0 spiro atoms. The third kappa shape index (κ3) is 3.44. The van der Waals surface area contributed by atoms with Crippen LogP contribution < -0.4 is 5.32 Å². The quantitative estimate of drug-likeness (QED) is 0.845. The summed E-state index contributed by atoms with van der Waals surface area (Å²) in [6.07, 6.45) is 6.04. The number of hydrogen-bond acceptors (Lipinski definition) is 2. The molecule has 1 aromatic heterocycles. The smallest absolute Gasteiger partial charge is 0.272 e. The maximum atomic E-state index is 13.1. The second kappa shape index (κ2) is 6.94. The Kier molecular flexibility index (Phi) is 4.74. The molecule has 0 bridgehead atoms. The van der Waals surface area contributed by atoms with E-state index in [1.165, 1.54) is 18.6 Å². The monoisotopic (exact) mass is 315 g/mol. The number of aromatic nitrogens is 2. The zero-order chi connectivity index (χ0) is 16.2. The van der Waals surface area contributed by atoms with Gasteiger partial charge < -0.3 is 5.32 Å². The van der Waals surface area contributed by atoms with Gasteiger partial charge in [-0.15, -0.1) is 0 Å². The van der Waals surface area contributed by atoms with Crippen molar-refractivity contribution >= 4 is 5.91 Å². The van der Waals surface area contributed by atoms with E-state index in [0.29, 0.717) is 5.69 Å². The number of carbonyl (C=O) groups excluding carboxylic acids is 1. The van der Waals surface area contributed by atoms with E-state index in [-0.39, 0.29) is 17.8 Å². The van der Waals surface area contributed by atoms with Gasteiger partial charge in [-0.05, 0) is 49.8 Å². The molecule has 0 saturated carbocycles. The standard InChI is InChI=1S/C18H22FN3O/c1-2-15(12-8-10-13(19)11-9-12)20-18(23)17-14-6-4-3-5-7-16(14)21-22-17/h8-11,15H,2-7H2,1H3,(H,20,23)(H,21,22). The fraction of sp³-hybridized carbons (Fsp3) is 0.444. The molecule has 23 heavy (non-hydrogen) atoms. The molecule has 1 atom stereocenters. The van der Waals surface area contributed by atoms with Crippen LogP contribution in [0.3, 0.4) is 0 Å². The van der Waals surface area contributed by atoms with Crippen LogP contribution >= 0.6 is 0 Å². The van der Waals surface area contributed by atoms with Gasteiger partial charge in [-0.3, -0.25) is 9.89 Å². The van der Waals surface area contributed by atoms with Crippen molar-refractivity contribution in [2.24, 2.45) is 0 Å². The first kappa shape index (κ1) is 15.7. The van der Waals surface area contributed by atoms with Gasteiger partial charge in [0.05, 0.1) is 6.04 Å². The summed E-state index contributed by atoms with van der Waals surface area (Å²) in [6.45, 7) is 2.00. The van der Waals surface area contributed by atoms with Gasteiger partial charge in [0.25, 0.3) is 5.91 Å². The summed E-state index contributed by atoms with van der Waals surface area (Å²) in [6, 6.07) is 6.14. The maximum absolute atomic E-state index is 13.1. The first-order valence-electron chi connectivity index (χ1n) is 8.31. The number of H-pyrrole nitrogens is 1. The number of rotatable bonds is 4. The summed E-state index contributed by atoms with van der Waals surface area (Å²) in [5.74, 6) is -0.423. The van der Waals surface area contributed by atoms with Gasteiger partial charge in [0.15, 0.2) is 5.69 Å². The van der Waals surface area contributed by atoms with E-state index >= 15 is 0 Å². The van der Waals surface area contributed by atoms with E-state index in [9.17, 15) is 9.18 Å². The predicted molar refractivity (Wildman–Crippen MR) is 86.7 cm³/mol. The number of halogens is 1. The number of nitrogens with zero attached hydrogens (tertiary/aromatic N) is 1. The van der Waals surface area contributed by atoms with Crippen LogP contribution in [0.4, 0.5) is 4.39 Å². The van der Waals surface area contributed by atoms with E-state index in [2.05, 4.69) is 15.5 Å². The normalized spacial score (nSPS) is 15.6. The molecule has 2 N–H and O–H groups in total. The summed E-state index contributed by atoms with van der Waals surface area (Å²) < 4.78 is 13.1. The molecule has 3 rings (SSSR count). The Morgan fingerprint density at radius 3 is 2.74 bits per heavy atom. The van der Waals surface area contributed by atoms with Crippen molar-refractivity contribution in [2.45, 2.75) is 51.5 Å². The highest BCUT2D eigenvalue weighted by molar-refractivity contribution is 5.94. The first-order valence-corrected chi connectivity index (χ1v) is 8.31. The minimum atomic E-state index is -0.271. The number of amides is 1. The van der Waals surface area contributed by atoms with Crippen molar-refractivity contribution in [3.63, 3.8) is 0 Å². The van der Waals surface area contributed by atoms with Crippen molar-refractivity contribution in [1.29, 1.82) is 0 Å². The lowest BCUT2D eigenvalue weighted by Crippen LogP contribution is -2.29. The Morgan fingerprint density at radius 1 is 1.26 bits per heavy atom. The number of aromatic amines is 1. The number of aryl methyl sites for hydroxylation is 1. The average molecular weight is 315 g/mol. The van der Waals surface area contributed by atoms with Gasteiger partial charge in [0, 0.05) is 11.3 Å². The Balaban J connectivity index is 1.78. The lowest BCUT2D eigenvalue weighted by Gasteiger charge is -2.17. The summed E-state index contributed by atoms with van der Waals surface area (Å²) in [7, 11) is 0. The third-order valence-electron chi connectivity index (χ3n) is 4.51. The Hall–Kier alpha value is -2.17. The summed E-state index contributed by atoms with van der Waals surface area (Å²) in [4.78, 5) is 12.6. The van der Waals surface area contributed by atoms with Gasteiger partial charge in [0.1, 0.15) is 5.82 Å². The molecular formula is C18H22FN3O. The average Bonchev–Trinajstić information content (AvgIpc) is 2.82. The number of benzene rings is 1. The van der Waals surface area contributed by atoms with Gasteiger partial charge >= 0.3 is 0 Å². The summed E-state index contributed by atoms with van der Waals surface area (Å²) in [5, 5.41) is 10.3. The zero-order valence-electron chi connectivity index (χ0n) is 13.4. The minimum absolute atomic E-state index is 0.138. The van der Waals surface area contributed by atoms with Crippen molar-refractivity contribution in [3.8, 4) is 0 Å². The molecule has 1 amide bonds. The van der Waals surface area contributed by atoms with Crippen LogP contribution in [-0.4, -0.2) is 16.1 Å². The first-order chi connectivity index (χ1) is 11.2. The van der Waals surface area contributed by atoms with Crippen molar-refractivity contribution in [3.05, 3.63) is 52.6 Å². The van der Waals surface area contributed by atoms with Gasteiger partial charge in [-0.2, -0.15) is 5.10 Å². The number of hydrogen-bond donors (Lipinski definition) is 2. The predicted octanol–water partition coefficient (Wildman–Crippen LogP) is 3.70. The molecule has 0 saturated heterocycles. The van der Waals surface area contributed by atoms with E-state index in [1.807, 2.05) is 6.92 Å². The van der Waals surface area contributed by atoms with Gasteiger partial charge in [-0.25, -0.2) is 4.39 Å². The van der Waals surface area contributed by atoms with Crippen LogP contribution in [0.25, 0.3) is 0 Å². The lowest BCUT2D eigenvalue weighted by atomic mass is 10.0. The van der Waals surface area contributed by atoms with Gasteiger partial charge in [0.2, 0.25) is 0 Å². The molecule has 1 aliphatic carbocycles. The van der Waals surface area contributed by atoms with Crippen LogP contribution in [0.15, 0.2) is 24.3 Å². The summed E-state index contributed by atoms with van der Waals surface area (Å²) in [5.41, 5.74) is 3.59. The highest BCUT2D eigenvalue weighted by Gasteiger charge is 2.22. The summed E-state index contributed by atoms with van der Waals surface area (Å²) >= 11 is 0. The molecule has 1 unspecified atom stereocenters. The minimum Gasteiger partial charge on any atom is -0.344 e. The molecule has 0 radical (unpaired) electrons. The van der Waals surface area contributed by atoms with Crippen LogP contribution in [0.5, 0.6) is 0 Å². The topological polar surface area (TPSA) is 57.8 Å². The lowest BCUT2D eigenvalue weighted by molar-refractivity contribution is 0.0929. The van der Waals surface area contributed by atoms with Crippen LogP contribution in [-0.2, 0) is 12.8 Å². The highest BCUT2D eigenvalue weighted by Crippen LogP contribution is 2.23. The molecule has 0 aliphatic heterocycles. The maximum Gasteiger partial charge on any atom is 0.272 e. The molecule has 5 heteroatoms. The number of fused-ring (bicyclic) bond motifs is 1. The van der Waals surface area contributed by atoms with E-state index in [1.54, 1.807) is 12.1 Å².